The third kappa shape index (κ3) is 2.93. The number of benzene rings is 1. The number of hydrogen-bond donors (Lipinski definition) is 2. The van der Waals surface area contributed by atoms with Crippen molar-refractivity contribution in [2.24, 2.45) is 0 Å². The molecule has 2 aromatic rings. The van der Waals surface area contributed by atoms with Crippen molar-refractivity contribution in [3.05, 3.63) is 57.8 Å². The molecule has 1 heterocycles. The van der Waals surface area contributed by atoms with Gasteiger partial charge in [-0.3, -0.25) is 9.59 Å². The summed E-state index contributed by atoms with van der Waals surface area (Å²) in [5.41, 5.74) is 2.18. The van der Waals surface area contributed by atoms with E-state index in [1.165, 1.54) is 12.5 Å². The van der Waals surface area contributed by atoms with Crippen LogP contribution in [0.2, 0.25) is 0 Å². The lowest BCUT2D eigenvalue weighted by Crippen LogP contribution is -2.26. The third-order valence-corrected chi connectivity index (χ3v) is 4.47. The smallest absolute Gasteiger partial charge is 0.267 e. The minimum atomic E-state index is -0.165. The van der Waals surface area contributed by atoms with Crippen molar-refractivity contribution in [1.82, 2.24) is 10.3 Å². The molecule has 1 aliphatic rings. The van der Waals surface area contributed by atoms with Crippen LogP contribution in [0.4, 0.5) is 0 Å². The first-order valence-corrected chi connectivity index (χ1v) is 7.60. The monoisotopic (exact) mass is 346 g/mol. The van der Waals surface area contributed by atoms with E-state index in [-0.39, 0.29) is 17.7 Å². The molecular weight excluding hydrogens is 332 g/mol. The fourth-order valence-corrected chi connectivity index (χ4v) is 3.03. The van der Waals surface area contributed by atoms with Gasteiger partial charge >= 0.3 is 0 Å². The second-order valence-corrected chi connectivity index (χ2v) is 6.16. The maximum absolute atomic E-state index is 12.1. The average Bonchev–Trinajstić information content (AvgIpc) is 3.02. The maximum atomic E-state index is 12.1. The van der Waals surface area contributed by atoms with E-state index in [0.717, 1.165) is 10.9 Å². The number of aromatic nitrogens is 1. The average molecular weight is 347 g/mol. The Hall–Kier alpha value is -1.88. The van der Waals surface area contributed by atoms with Crippen LogP contribution in [0.15, 0.2) is 41.0 Å². The highest BCUT2D eigenvalue weighted by Crippen LogP contribution is 2.43. The van der Waals surface area contributed by atoms with E-state index < -0.39 is 0 Å². The first-order chi connectivity index (χ1) is 10.1. The van der Waals surface area contributed by atoms with Crippen LogP contribution < -0.4 is 5.32 Å². The van der Waals surface area contributed by atoms with Gasteiger partial charge in [0.25, 0.3) is 5.91 Å². The normalized spacial score (nSPS) is 20.1. The molecule has 1 aromatic carbocycles. The number of amides is 1. The Morgan fingerprint density at radius 2 is 2.10 bits per heavy atom. The summed E-state index contributed by atoms with van der Waals surface area (Å²) in [5, 5.41) is 3.00. The van der Waals surface area contributed by atoms with E-state index in [1.807, 2.05) is 18.2 Å². The van der Waals surface area contributed by atoms with Gasteiger partial charge in [-0.2, -0.15) is 0 Å². The zero-order valence-electron chi connectivity index (χ0n) is 11.5. The number of hydrogen-bond acceptors (Lipinski definition) is 2. The molecule has 0 radical (unpaired) electrons. The number of halogens is 1. The predicted molar refractivity (Wildman–Crippen MR) is 83.6 cm³/mol. The van der Waals surface area contributed by atoms with E-state index in [1.54, 1.807) is 12.3 Å². The zero-order chi connectivity index (χ0) is 15.0. The van der Waals surface area contributed by atoms with E-state index >= 15 is 0 Å². The lowest BCUT2D eigenvalue weighted by atomic mass is 10.1. The Morgan fingerprint density at radius 3 is 2.76 bits per heavy atom. The van der Waals surface area contributed by atoms with Gasteiger partial charge in [-0.05, 0) is 31.0 Å². The molecule has 21 heavy (non-hydrogen) atoms. The quantitative estimate of drug-likeness (QED) is 0.834. The molecule has 4 nitrogen and oxygen atoms in total. The number of carbonyl (C=O) groups excluding carboxylic acids is 2. The Balaban J connectivity index is 1.64. The Kier molecular flexibility index (Phi) is 3.68. The highest BCUT2D eigenvalue weighted by molar-refractivity contribution is 9.10. The van der Waals surface area contributed by atoms with E-state index in [4.69, 9.17) is 0 Å². The Bertz CT molecular complexity index is 708. The van der Waals surface area contributed by atoms with E-state index in [2.05, 4.69) is 32.3 Å². The van der Waals surface area contributed by atoms with Crippen LogP contribution in [0.1, 0.15) is 45.7 Å². The van der Waals surface area contributed by atoms with Crippen LogP contribution in [0.5, 0.6) is 0 Å². The molecule has 1 amide bonds. The van der Waals surface area contributed by atoms with Gasteiger partial charge < -0.3 is 10.3 Å². The number of nitrogens with one attached hydrogen (secondary N) is 2. The molecule has 0 bridgehead atoms. The van der Waals surface area contributed by atoms with Crippen molar-refractivity contribution in [3.8, 4) is 0 Å². The molecule has 0 spiro atoms. The summed E-state index contributed by atoms with van der Waals surface area (Å²) in [4.78, 5) is 26.2. The summed E-state index contributed by atoms with van der Waals surface area (Å²) in [6, 6.07) is 9.81. The summed E-state index contributed by atoms with van der Waals surface area (Å²) in [7, 11) is 0. The van der Waals surface area contributed by atoms with Crippen molar-refractivity contribution in [2.45, 2.75) is 25.3 Å². The Labute approximate surface area is 131 Å². The van der Waals surface area contributed by atoms with Gasteiger partial charge in [0, 0.05) is 28.2 Å². The van der Waals surface area contributed by atoms with Gasteiger partial charge in [0.2, 0.25) is 0 Å². The molecule has 1 aliphatic carbocycles. The standard InChI is InChI=1S/C16H15BrN2O2/c1-9(20)10-6-15(18-8-10)16(21)19-14-7-12(14)11-4-2-3-5-13(11)17/h2-6,8,12,14,18H,7H2,1H3,(H,19,21)/t12-,14+/m0/s1. The molecule has 0 aliphatic heterocycles. The largest absolute Gasteiger partial charge is 0.356 e. The lowest BCUT2D eigenvalue weighted by molar-refractivity contribution is 0.0945. The summed E-state index contributed by atoms with van der Waals surface area (Å²) >= 11 is 3.54. The number of ketones is 1. The zero-order valence-corrected chi connectivity index (χ0v) is 13.1. The van der Waals surface area contributed by atoms with Crippen molar-refractivity contribution in [3.63, 3.8) is 0 Å². The molecule has 1 saturated carbocycles. The Morgan fingerprint density at radius 1 is 1.33 bits per heavy atom. The molecule has 0 unspecified atom stereocenters. The van der Waals surface area contributed by atoms with Crippen LogP contribution in [0.3, 0.4) is 0 Å². The number of aromatic amines is 1. The second kappa shape index (κ2) is 5.48. The van der Waals surface area contributed by atoms with E-state index in [0.29, 0.717) is 17.2 Å². The van der Waals surface area contributed by atoms with Crippen molar-refractivity contribution >= 4 is 27.6 Å². The highest BCUT2D eigenvalue weighted by Gasteiger charge is 2.40. The van der Waals surface area contributed by atoms with Gasteiger partial charge in [-0.1, -0.05) is 34.1 Å². The van der Waals surface area contributed by atoms with E-state index in [9.17, 15) is 9.59 Å². The summed E-state index contributed by atoms with van der Waals surface area (Å²) < 4.78 is 1.07. The van der Waals surface area contributed by atoms with Gasteiger partial charge in [-0.25, -0.2) is 0 Å². The summed E-state index contributed by atoms with van der Waals surface area (Å²) in [5.74, 6) is 0.136. The first kappa shape index (κ1) is 14.1. The van der Waals surface area contributed by atoms with Crippen LogP contribution in [-0.4, -0.2) is 22.7 Å². The van der Waals surface area contributed by atoms with Gasteiger partial charge in [0.05, 0.1) is 0 Å². The van der Waals surface area contributed by atoms with Crippen LogP contribution in [0.25, 0.3) is 0 Å². The molecule has 1 aromatic heterocycles. The lowest BCUT2D eigenvalue weighted by Gasteiger charge is -2.05. The molecule has 3 rings (SSSR count). The van der Waals surface area contributed by atoms with Crippen LogP contribution >= 0.6 is 15.9 Å². The third-order valence-electron chi connectivity index (χ3n) is 3.75. The number of H-pyrrole nitrogens is 1. The minimum absolute atomic E-state index is 0.0529. The molecule has 5 heteroatoms. The SMILES string of the molecule is CC(=O)c1c[nH]c(C(=O)N[C@@H]2C[C@H]2c2ccccc2Br)c1. The first-order valence-electron chi connectivity index (χ1n) is 6.81. The van der Waals surface area contributed by atoms with Crippen molar-refractivity contribution < 1.29 is 9.59 Å². The fraction of sp³-hybridized carbons (Fsp3) is 0.250. The highest BCUT2D eigenvalue weighted by atomic mass is 79.9. The number of carbonyl (C=O) groups is 2. The van der Waals surface area contributed by atoms with Gasteiger partial charge in [0.15, 0.2) is 5.78 Å². The molecule has 2 atom stereocenters. The molecule has 0 saturated heterocycles. The van der Waals surface area contributed by atoms with Crippen LogP contribution in [0, 0.1) is 0 Å². The molecule has 2 N–H and O–H groups in total. The second-order valence-electron chi connectivity index (χ2n) is 5.30. The minimum Gasteiger partial charge on any atom is -0.356 e. The van der Waals surface area contributed by atoms with Gasteiger partial charge in [-0.15, -0.1) is 0 Å². The summed E-state index contributed by atoms with van der Waals surface area (Å²) in [6.45, 7) is 1.48. The fourth-order valence-electron chi connectivity index (χ4n) is 2.45. The van der Waals surface area contributed by atoms with Crippen LogP contribution in [-0.2, 0) is 0 Å². The topological polar surface area (TPSA) is 62.0 Å². The number of Topliss-reactive ketones (excluding diaryl/α,β-unsaturated/α-hetero) is 1. The van der Waals surface area contributed by atoms with Crippen molar-refractivity contribution in [1.29, 1.82) is 0 Å². The number of rotatable bonds is 4. The summed E-state index contributed by atoms with van der Waals surface area (Å²) in [6.07, 6.45) is 2.50. The maximum Gasteiger partial charge on any atom is 0.267 e. The predicted octanol–water partition coefficient (Wildman–Crippen LogP) is 3.27. The molecule has 108 valence electrons. The molecular formula is C16H15BrN2O2. The van der Waals surface area contributed by atoms with Gasteiger partial charge in [0.1, 0.15) is 5.69 Å². The molecule has 1 fully saturated rings. The van der Waals surface area contributed by atoms with Crippen molar-refractivity contribution in [2.75, 3.05) is 0 Å².